The van der Waals surface area contributed by atoms with Crippen LogP contribution < -0.4 is 15.4 Å². The van der Waals surface area contributed by atoms with Crippen molar-refractivity contribution < 1.29 is 23.0 Å². The van der Waals surface area contributed by atoms with Gasteiger partial charge < -0.3 is 14.8 Å². The number of benzene rings is 2. The third kappa shape index (κ3) is 5.87. The summed E-state index contributed by atoms with van der Waals surface area (Å²) in [5, 5.41) is 5.94. The summed E-state index contributed by atoms with van der Waals surface area (Å²) in [6.07, 6.45) is -0.902. The normalized spacial score (nSPS) is 15.3. The van der Waals surface area contributed by atoms with Gasteiger partial charge in [-0.15, -0.1) is 0 Å². The number of carbonyl (C=O) groups is 1. The predicted molar refractivity (Wildman–Crippen MR) is 129 cm³/mol. The second kappa shape index (κ2) is 11.0. The van der Waals surface area contributed by atoms with Gasteiger partial charge in [-0.1, -0.05) is 34.5 Å². The van der Waals surface area contributed by atoms with Crippen molar-refractivity contribution in [1.82, 2.24) is 15.2 Å². The van der Waals surface area contributed by atoms with Crippen LogP contribution in [0.25, 0.3) is 10.2 Å². The molecule has 7 nitrogen and oxygen atoms in total. The number of carbonyl (C=O) groups excluding carboxylic acids is 1. The summed E-state index contributed by atoms with van der Waals surface area (Å²) >= 11 is 13.3. The number of amides is 2. The molecule has 1 aliphatic rings. The summed E-state index contributed by atoms with van der Waals surface area (Å²) in [7, 11) is 0. The van der Waals surface area contributed by atoms with Crippen LogP contribution in [0.3, 0.4) is 0 Å². The van der Waals surface area contributed by atoms with Gasteiger partial charge in [0.1, 0.15) is 11.9 Å². The standard InChI is InChI=1S/C22H22Cl2F2N4O3S/c1-12(19-14(25)3-2-13(23)20(19)24)33-17-11-18-16(10-15(17)26)28-22(34-18)29-21(31)27-4-5-30-6-8-32-9-7-30/h2-3,10-12H,4-9H2,1H3,(H2,27,28,29,31)/t12-/m1/s1. The van der Waals surface area contributed by atoms with E-state index in [2.05, 4.69) is 20.5 Å². The van der Waals surface area contributed by atoms with Crippen molar-refractivity contribution in [2.45, 2.75) is 13.0 Å². The van der Waals surface area contributed by atoms with Crippen molar-refractivity contribution in [2.24, 2.45) is 0 Å². The summed E-state index contributed by atoms with van der Waals surface area (Å²) in [5.74, 6) is -1.38. The van der Waals surface area contributed by atoms with E-state index >= 15 is 0 Å². The van der Waals surface area contributed by atoms with E-state index in [1.165, 1.54) is 24.3 Å². The van der Waals surface area contributed by atoms with Crippen molar-refractivity contribution in [3.05, 3.63) is 51.5 Å². The van der Waals surface area contributed by atoms with Crippen molar-refractivity contribution in [3.8, 4) is 5.75 Å². The molecule has 1 saturated heterocycles. The lowest BCUT2D eigenvalue weighted by atomic mass is 10.1. The molecule has 0 bridgehead atoms. The van der Waals surface area contributed by atoms with Gasteiger partial charge in [0.25, 0.3) is 0 Å². The molecule has 2 N–H and O–H groups in total. The molecule has 2 amide bonds. The van der Waals surface area contributed by atoms with E-state index in [9.17, 15) is 13.6 Å². The second-order valence-electron chi connectivity index (χ2n) is 7.62. The molecule has 34 heavy (non-hydrogen) atoms. The Morgan fingerprint density at radius 1 is 1.26 bits per heavy atom. The quantitative estimate of drug-likeness (QED) is 0.396. The van der Waals surface area contributed by atoms with Crippen LogP contribution in [0.15, 0.2) is 24.3 Å². The number of anilines is 1. The number of hydrogen-bond acceptors (Lipinski definition) is 6. The van der Waals surface area contributed by atoms with Crippen molar-refractivity contribution in [2.75, 3.05) is 44.7 Å². The zero-order valence-electron chi connectivity index (χ0n) is 18.2. The molecule has 2 aromatic carbocycles. The van der Waals surface area contributed by atoms with Gasteiger partial charge in [-0.2, -0.15) is 0 Å². The molecule has 12 heteroatoms. The van der Waals surface area contributed by atoms with Gasteiger partial charge >= 0.3 is 6.03 Å². The highest BCUT2D eigenvalue weighted by molar-refractivity contribution is 7.22. The van der Waals surface area contributed by atoms with Gasteiger partial charge in [-0.05, 0) is 19.1 Å². The van der Waals surface area contributed by atoms with Gasteiger partial charge in [-0.3, -0.25) is 10.2 Å². The van der Waals surface area contributed by atoms with E-state index in [4.69, 9.17) is 32.7 Å². The Labute approximate surface area is 208 Å². The molecule has 0 saturated carbocycles. The molecule has 0 radical (unpaired) electrons. The van der Waals surface area contributed by atoms with Crippen LogP contribution in [0.4, 0.5) is 18.7 Å². The average molecular weight is 531 g/mol. The van der Waals surface area contributed by atoms with Gasteiger partial charge in [0, 0.05) is 43.9 Å². The van der Waals surface area contributed by atoms with Crippen LogP contribution in [-0.2, 0) is 4.74 Å². The predicted octanol–water partition coefficient (Wildman–Crippen LogP) is 5.48. The number of urea groups is 1. The monoisotopic (exact) mass is 530 g/mol. The zero-order chi connectivity index (χ0) is 24.2. The Hall–Kier alpha value is -2.24. The van der Waals surface area contributed by atoms with Gasteiger partial charge in [0.05, 0.1) is 33.5 Å². The van der Waals surface area contributed by atoms with Gasteiger partial charge in [0.2, 0.25) is 0 Å². The molecule has 2 heterocycles. The molecule has 0 unspecified atom stereocenters. The molecule has 0 spiro atoms. The smallest absolute Gasteiger partial charge is 0.321 e. The minimum Gasteiger partial charge on any atom is -0.483 e. The Morgan fingerprint density at radius 3 is 2.79 bits per heavy atom. The van der Waals surface area contributed by atoms with Crippen molar-refractivity contribution in [1.29, 1.82) is 0 Å². The Kier molecular flexibility index (Phi) is 8.05. The number of rotatable bonds is 7. The molecule has 1 aliphatic heterocycles. The summed E-state index contributed by atoms with van der Waals surface area (Å²) in [5.41, 5.74) is 0.396. The number of nitrogens with zero attached hydrogens (tertiary/aromatic N) is 2. The lowest BCUT2D eigenvalue weighted by molar-refractivity contribution is 0.0388. The van der Waals surface area contributed by atoms with Gasteiger partial charge in [0.15, 0.2) is 16.7 Å². The van der Waals surface area contributed by atoms with E-state index in [1.54, 1.807) is 6.92 Å². The van der Waals surface area contributed by atoms with Crippen molar-refractivity contribution in [3.63, 3.8) is 0 Å². The molecule has 3 aromatic rings. The highest BCUT2D eigenvalue weighted by atomic mass is 35.5. The van der Waals surface area contributed by atoms with E-state index < -0.39 is 23.8 Å². The van der Waals surface area contributed by atoms with Crippen LogP contribution in [0.1, 0.15) is 18.6 Å². The number of halogens is 4. The number of aromatic nitrogens is 1. The fraction of sp³-hybridized carbons (Fsp3) is 0.364. The SMILES string of the molecule is C[C@@H](Oc1cc2sc(NC(=O)NCCN3CCOCC3)nc2cc1F)c1c(F)ccc(Cl)c1Cl. The fourth-order valence-corrected chi connectivity index (χ4v) is 4.87. The number of fused-ring (bicyclic) bond motifs is 1. The Bertz CT molecular complexity index is 1190. The minimum atomic E-state index is -0.902. The number of morpholine rings is 1. The molecule has 4 rings (SSSR count). The second-order valence-corrected chi connectivity index (χ2v) is 9.44. The summed E-state index contributed by atoms with van der Waals surface area (Å²) < 4.78 is 40.5. The lowest BCUT2D eigenvalue weighted by Gasteiger charge is -2.26. The van der Waals surface area contributed by atoms with Crippen molar-refractivity contribution >= 4 is 55.9 Å². The first kappa shape index (κ1) is 24.9. The highest BCUT2D eigenvalue weighted by Gasteiger charge is 2.21. The molecular formula is C22H22Cl2F2N4O3S. The third-order valence-electron chi connectivity index (χ3n) is 5.27. The maximum absolute atomic E-state index is 14.7. The fourth-order valence-electron chi connectivity index (χ4n) is 3.53. The van der Waals surface area contributed by atoms with Crippen LogP contribution in [-0.4, -0.2) is 55.3 Å². The summed E-state index contributed by atoms with van der Waals surface area (Å²) in [6.45, 7) is 5.81. The highest BCUT2D eigenvalue weighted by Crippen LogP contribution is 2.37. The van der Waals surface area contributed by atoms with Crippen LogP contribution in [0.5, 0.6) is 5.75 Å². The first-order valence-electron chi connectivity index (χ1n) is 10.6. The summed E-state index contributed by atoms with van der Waals surface area (Å²) in [6, 6.07) is 4.77. The summed E-state index contributed by atoms with van der Waals surface area (Å²) in [4.78, 5) is 18.7. The lowest BCUT2D eigenvalue weighted by Crippen LogP contribution is -2.42. The van der Waals surface area contributed by atoms with E-state index in [0.29, 0.717) is 35.1 Å². The number of nitrogens with one attached hydrogen (secondary N) is 2. The molecule has 1 aromatic heterocycles. The first-order valence-corrected chi connectivity index (χ1v) is 12.1. The topological polar surface area (TPSA) is 75.7 Å². The molecule has 182 valence electrons. The maximum atomic E-state index is 14.7. The van der Waals surface area contributed by atoms with E-state index in [0.717, 1.165) is 31.0 Å². The average Bonchev–Trinajstić information content (AvgIpc) is 3.18. The molecule has 1 atom stereocenters. The maximum Gasteiger partial charge on any atom is 0.321 e. The first-order chi connectivity index (χ1) is 16.3. The van der Waals surface area contributed by atoms with Crippen LogP contribution >= 0.6 is 34.5 Å². The molecule has 0 aliphatic carbocycles. The zero-order valence-corrected chi connectivity index (χ0v) is 20.5. The molecule has 1 fully saturated rings. The Balaban J connectivity index is 1.40. The van der Waals surface area contributed by atoms with Crippen LogP contribution in [0, 0.1) is 11.6 Å². The molecular weight excluding hydrogens is 509 g/mol. The van der Waals surface area contributed by atoms with Crippen LogP contribution in [0.2, 0.25) is 10.0 Å². The number of thiazole rings is 1. The third-order valence-corrected chi connectivity index (χ3v) is 7.02. The minimum absolute atomic E-state index is 0.0135. The van der Waals surface area contributed by atoms with E-state index in [-0.39, 0.29) is 21.4 Å². The number of hydrogen-bond donors (Lipinski definition) is 2. The van der Waals surface area contributed by atoms with Gasteiger partial charge in [-0.25, -0.2) is 18.6 Å². The Morgan fingerprint density at radius 2 is 2.03 bits per heavy atom. The van der Waals surface area contributed by atoms with E-state index in [1.807, 2.05) is 0 Å². The largest absolute Gasteiger partial charge is 0.483 e. The number of ether oxygens (including phenoxy) is 2.